The molecule has 4 rings (SSSR count). The highest BCUT2D eigenvalue weighted by Gasteiger charge is 2.23. The van der Waals surface area contributed by atoms with Gasteiger partial charge in [0.1, 0.15) is 0 Å². The van der Waals surface area contributed by atoms with Crippen molar-refractivity contribution in [3.05, 3.63) is 65.2 Å². The maximum absolute atomic E-state index is 12.7. The molecule has 8 heteroatoms. The molecule has 2 aliphatic rings. The highest BCUT2D eigenvalue weighted by Crippen LogP contribution is 2.17. The maximum Gasteiger partial charge on any atom is 0.253 e. The predicted molar refractivity (Wildman–Crippen MR) is 136 cm³/mol. The van der Waals surface area contributed by atoms with Crippen LogP contribution in [0.5, 0.6) is 0 Å². The predicted octanol–water partition coefficient (Wildman–Crippen LogP) is 2.51. The van der Waals surface area contributed by atoms with Gasteiger partial charge in [-0.05, 0) is 36.2 Å². The molecule has 7 nitrogen and oxygen atoms in total. The van der Waals surface area contributed by atoms with Crippen molar-refractivity contribution in [1.82, 2.24) is 14.7 Å². The van der Waals surface area contributed by atoms with Gasteiger partial charge >= 0.3 is 0 Å². The largest absolute Gasteiger partial charge is 0.340 e. The van der Waals surface area contributed by atoms with E-state index < -0.39 is 0 Å². The van der Waals surface area contributed by atoms with E-state index in [1.807, 2.05) is 58.8 Å². The van der Waals surface area contributed by atoms with Crippen LogP contribution in [0.1, 0.15) is 21.5 Å². The molecule has 0 bridgehead atoms. The monoisotopic (exact) mass is 480 g/mol. The van der Waals surface area contributed by atoms with Gasteiger partial charge in [-0.25, -0.2) is 0 Å². The summed E-state index contributed by atoms with van der Waals surface area (Å²) in [6.45, 7) is 6.39. The van der Waals surface area contributed by atoms with Crippen molar-refractivity contribution in [3.8, 4) is 0 Å². The van der Waals surface area contributed by atoms with Crippen LogP contribution in [0.15, 0.2) is 48.5 Å². The molecule has 2 aromatic rings. The molecule has 2 fully saturated rings. The smallest absolute Gasteiger partial charge is 0.253 e. The number of rotatable bonds is 6. The summed E-state index contributed by atoms with van der Waals surface area (Å²) in [5.74, 6) is 1.97. The van der Waals surface area contributed by atoms with Gasteiger partial charge in [-0.15, -0.1) is 0 Å². The van der Waals surface area contributed by atoms with Crippen molar-refractivity contribution in [2.45, 2.75) is 13.3 Å². The Morgan fingerprint density at radius 2 is 1.62 bits per heavy atom. The summed E-state index contributed by atoms with van der Waals surface area (Å²) in [5.41, 5.74) is 3.43. The summed E-state index contributed by atoms with van der Waals surface area (Å²) in [7, 11) is 0. The molecule has 0 aliphatic carbocycles. The van der Waals surface area contributed by atoms with Crippen molar-refractivity contribution < 1.29 is 14.4 Å². The summed E-state index contributed by atoms with van der Waals surface area (Å²) >= 11 is 1.86. The third kappa shape index (κ3) is 6.39. The second kappa shape index (κ2) is 11.5. The zero-order chi connectivity index (χ0) is 23.9. The average molecular weight is 481 g/mol. The highest BCUT2D eigenvalue weighted by molar-refractivity contribution is 7.99. The summed E-state index contributed by atoms with van der Waals surface area (Å²) in [6.07, 6.45) is 0.415. The number of nitrogens with zero attached hydrogens (tertiary/aromatic N) is 3. The first kappa shape index (κ1) is 24.3. The molecule has 34 heavy (non-hydrogen) atoms. The van der Waals surface area contributed by atoms with Crippen LogP contribution in [0.4, 0.5) is 5.69 Å². The molecule has 1 N–H and O–H groups in total. The summed E-state index contributed by atoms with van der Waals surface area (Å²) < 4.78 is 0. The lowest BCUT2D eigenvalue weighted by atomic mass is 10.1. The second-order valence-corrected chi connectivity index (χ2v) is 10.0. The zero-order valence-electron chi connectivity index (χ0n) is 19.7. The van der Waals surface area contributed by atoms with Crippen LogP contribution in [-0.4, -0.2) is 89.7 Å². The molecule has 0 unspecified atom stereocenters. The van der Waals surface area contributed by atoms with Crippen molar-refractivity contribution in [2.24, 2.45) is 0 Å². The van der Waals surface area contributed by atoms with E-state index in [2.05, 4.69) is 10.2 Å². The number of hydrogen-bond acceptors (Lipinski definition) is 5. The van der Waals surface area contributed by atoms with Crippen molar-refractivity contribution in [3.63, 3.8) is 0 Å². The summed E-state index contributed by atoms with van der Waals surface area (Å²) in [4.78, 5) is 43.9. The lowest BCUT2D eigenvalue weighted by Crippen LogP contribution is -2.50. The molecule has 0 spiro atoms. The number of hydrogen-bond donors (Lipinski definition) is 1. The Bertz CT molecular complexity index is 1030. The van der Waals surface area contributed by atoms with Crippen LogP contribution in [-0.2, 0) is 16.0 Å². The van der Waals surface area contributed by atoms with Gasteiger partial charge in [-0.1, -0.05) is 30.3 Å². The van der Waals surface area contributed by atoms with E-state index in [9.17, 15) is 14.4 Å². The van der Waals surface area contributed by atoms with Crippen molar-refractivity contribution in [1.29, 1.82) is 0 Å². The highest BCUT2D eigenvalue weighted by atomic mass is 32.2. The lowest BCUT2D eigenvalue weighted by Gasteiger charge is -2.34. The SMILES string of the molecule is Cc1ccccc1CC(=O)N1CCN(CC(=O)Nc2cccc(C(=O)N3CCSCC3)c2)CC1. The molecule has 0 radical (unpaired) electrons. The molecule has 180 valence electrons. The van der Waals surface area contributed by atoms with Crippen LogP contribution in [0.25, 0.3) is 0 Å². The molecule has 0 atom stereocenters. The van der Waals surface area contributed by atoms with Gasteiger partial charge in [-0.3, -0.25) is 19.3 Å². The number of anilines is 1. The minimum atomic E-state index is -0.112. The fourth-order valence-electron chi connectivity index (χ4n) is 4.32. The van der Waals surface area contributed by atoms with Crippen LogP contribution >= 0.6 is 11.8 Å². The van der Waals surface area contributed by atoms with E-state index in [1.165, 1.54) is 0 Å². The van der Waals surface area contributed by atoms with E-state index in [-0.39, 0.29) is 24.3 Å². The molecular formula is C26H32N4O3S. The summed E-state index contributed by atoms with van der Waals surface area (Å²) in [5, 5.41) is 2.92. The van der Waals surface area contributed by atoms with E-state index in [0.29, 0.717) is 43.9 Å². The number of carbonyl (C=O) groups is 3. The number of thioether (sulfide) groups is 1. The number of benzene rings is 2. The standard InChI is InChI=1S/C26H32N4O3S/c1-20-5-2-3-6-21(20)18-25(32)29-11-9-28(10-12-29)19-24(31)27-23-8-4-7-22(17-23)26(33)30-13-15-34-16-14-30/h2-8,17H,9-16,18-19H2,1H3,(H,27,31). The first-order chi connectivity index (χ1) is 16.5. The van der Waals surface area contributed by atoms with E-state index in [4.69, 9.17) is 0 Å². The average Bonchev–Trinajstić information content (AvgIpc) is 2.86. The zero-order valence-corrected chi connectivity index (χ0v) is 20.5. The van der Waals surface area contributed by atoms with Crippen LogP contribution in [0.3, 0.4) is 0 Å². The van der Waals surface area contributed by atoms with Gasteiger partial charge in [0.05, 0.1) is 13.0 Å². The van der Waals surface area contributed by atoms with E-state index >= 15 is 0 Å². The number of aryl methyl sites for hydroxylation is 1. The number of amides is 3. The van der Waals surface area contributed by atoms with Crippen LogP contribution < -0.4 is 5.32 Å². The minimum Gasteiger partial charge on any atom is -0.340 e. The normalized spacial score (nSPS) is 16.9. The Hall–Kier alpha value is -2.84. The minimum absolute atomic E-state index is 0.0166. The quantitative estimate of drug-likeness (QED) is 0.688. The van der Waals surface area contributed by atoms with Crippen LogP contribution in [0, 0.1) is 6.92 Å². The molecule has 2 aliphatic heterocycles. The third-order valence-corrected chi connectivity index (χ3v) is 7.33. The molecule has 0 saturated carbocycles. The van der Waals surface area contributed by atoms with E-state index in [1.54, 1.807) is 18.2 Å². The molecule has 3 amide bonds. The summed E-state index contributed by atoms with van der Waals surface area (Å²) in [6, 6.07) is 15.1. The first-order valence-corrected chi connectivity index (χ1v) is 13.0. The van der Waals surface area contributed by atoms with Crippen molar-refractivity contribution in [2.75, 3.05) is 62.6 Å². The number of nitrogens with one attached hydrogen (secondary N) is 1. The topological polar surface area (TPSA) is 73.0 Å². The molecule has 2 heterocycles. The number of carbonyl (C=O) groups excluding carboxylic acids is 3. The van der Waals surface area contributed by atoms with Crippen LogP contribution in [0.2, 0.25) is 0 Å². The molecule has 2 saturated heterocycles. The Balaban J connectivity index is 1.24. The van der Waals surface area contributed by atoms with Gasteiger partial charge in [0.2, 0.25) is 11.8 Å². The van der Waals surface area contributed by atoms with Gasteiger partial charge < -0.3 is 15.1 Å². The Morgan fingerprint density at radius 1 is 0.882 bits per heavy atom. The lowest BCUT2D eigenvalue weighted by molar-refractivity contribution is -0.132. The van der Waals surface area contributed by atoms with Crippen molar-refractivity contribution >= 4 is 35.2 Å². The van der Waals surface area contributed by atoms with E-state index in [0.717, 1.165) is 35.7 Å². The molecule has 2 aromatic carbocycles. The second-order valence-electron chi connectivity index (χ2n) is 8.79. The Labute approximate surface area is 205 Å². The molecular weight excluding hydrogens is 448 g/mol. The fourth-order valence-corrected chi connectivity index (χ4v) is 5.22. The Kier molecular flexibility index (Phi) is 8.24. The van der Waals surface area contributed by atoms with Gasteiger partial charge in [0.15, 0.2) is 0 Å². The van der Waals surface area contributed by atoms with Gasteiger partial charge in [0.25, 0.3) is 5.91 Å². The number of piperazine rings is 1. The third-order valence-electron chi connectivity index (χ3n) is 6.39. The maximum atomic E-state index is 12.7. The van der Waals surface area contributed by atoms with Gasteiger partial charge in [-0.2, -0.15) is 11.8 Å². The first-order valence-electron chi connectivity index (χ1n) is 11.8. The Morgan fingerprint density at radius 3 is 2.35 bits per heavy atom. The fraction of sp³-hybridized carbons (Fsp3) is 0.423. The van der Waals surface area contributed by atoms with Gasteiger partial charge in [0, 0.05) is 62.0 Å². The molecule has 0 aromatic heterocycles.